The third kappa shape index (κ3) is 5.53. The molecule has 2 aromatic carbocycles. The molecule has 0 radical (unpaired) electrons. The van der Waals surface area contributed by atoms with Crippen LogP contribution < -0.4 is 10.2 Å². The summed E-state index contributed by atoms with van der Waals surface area (Å²) < 4.78 is 0. The first-order valence-corrected chi connectivity index (χ1v) is 11.0. The van der Waals surface area contributed by atoms with Gasteiger partial charge >= 0.3 is 0 Å². The Morgan fingerprint density at radius 3 is 2.58 bits per heavy atom. The second-order valence-electron chi connectivity index (χ2n) is 8.18. The Labute approximate surface area is 193 Å². The molecule has 8 nitrogen and oxygen atoms in total. The van der Waals surface area contributed by atoms with Gasteiger partial charge in [-0.25, -0.2) is 4.98 Å². The van der Waals surface area contributed by atoms with E-state index in [0.717, 1.165) is 49.5 Å². The largest absolute Gasteiger partial charge is 0.355 e. The number of nitrogens with zero attached hydrogens (tertiary/aromatic N) is 4. The van der Waals surface area contributed by atoms with E-state index < -0.39 is 0 Å². The minimum Gasteiger partial charge on any atom is -0.355 e. The summed E-state index contributed by atoms with van der Waals surface area (Å²) in [6.07, 6.45) is 2.62. The maximum Gasteiger partial charge on any atom is 0.273 e. The van der Waals surface area contributed by atoms with Crippen molar-refractivity contribution >= 4 is 23.1 Å². The molecule has 8 heteroatoms. The lowest BCUT2D eigenvalue weighted by atomic mass is 10.1. The highest BCUT2D eigenvalue weighted by atomic mass is 16.6. The molecule has 2 heterocycles. The van der Waals surface area contributed by atoms with Gasteiger partial charge in [-0.15, -0.1) is 0 Å². The number of para-hydroxylation sites is 1. The topological polar surface area (TPSA) is 91.6 Å². The zero-order valence-corrected chi connectivity index (χ0v) is 18.6. The van der Waals surface area contributed by atoms with E-state index in [0.29, 0.717) is 17.8 Å². The standard InChI is InChI=1S/C25H27N5O3/c1-19-7-2-4-9-22(19)25(31)27-21-11-12-24(26-17-21)29-14-6-13-28(15-16-29)18-20-8-3-5-10-23(20)30(32)33/h2-5,7-12,17H,6,13-16,18H2,1H3,(H,27,31). The number of carbonyl (C=O) groups is 1. The maximum atomic E-state index is 12.5. The number of aryl methyl sites for hydroxylation is 1. The number of amides is 1. The minimum atomic E-state index is -0.317. The number of anilines is 2. The van der Waals surface area contributed by atoms with Crippen LogP contribution >= 0.6 is 0 Å². The van der Waals surface area contributed by atoms with E-state index in [9.17, 15) is 14.9 Å². The Hall–Kier alpha value is -3.78. The number of hydrogen-bond donors (Lipinski definition) is 1. The summed E-state index contributed by atoms with van der Waals surface area (Å²) in [5, 5.41) is 14.2. The summed E-state index contributed by atoms with van der Waals surface area (Å²) in [6, 6.07) is 18.2. The number of hydrogen-bond acceptors (Lipinski definition) is 6. The van der Waals surface area contributed by atoms with Crippen LogP contribution in [0.25, 0.3) is 0 Å². The summed E-state index contributed by atoms with van der Waals surface area (Å²) in [4.78, 5) is 32.5. The average Bonchev–Trinajstić information content (AvgIpc) is 3.06. The summed E-state index contributed by atoms with van der Waals surface area (Å²) in [7, 11) is 0. The summed E-state index contributed by atoms with van der Waals surface area (Å²) >= 11 is 0. The van der Waals surface area contributed by atoms with Gasteiger partial charge in [0.25, 0.3) is 11.6 Å². The number of nitro groups is 1. The SMILES string of the molecule is Cc1ccccc1C(=O)Nc1ccc(N2CCCN(Cc3ccccc3[N+](=O)[O-])CC2)nc1. The molecular weight excluding hydrogens is 418 g/mol. The number of pyridine rings is 1. The minimum absolute atomic E-state index is 0.150. The van der Waals surface area contributed by atoms with E-state index in [4.69, 9.17) is 0 Å². The zero-order chi connectivity index (χ0) is 23.2. The molecule has 0 atom stereocenters. The Morgan fingerprint density at radius 2 is 1.82 bits per heavy atom. The van der Waals surface area contributed by atoms with E-state index in [1.165, 1.54) is 0 Å². The first-order valence-electron chi connectivity index (χ1n) is 11.0. The molecule has 3 aromatic rings. The van der Waals surface area contributed by atoms with Gasteiger partial charge in [-0.3, -0.25) is 19.8 Å². The van der Waals surface area contributed by atoms with E-state index in [1.54, 1.807) is 24.4 Å². The predicted octanol–water partition coefficient (Wildman–Crippen LogP) is 4.26. The van der Waals surface area contributed by atoms with E-state index in [1.807, 2.05) is 49.4 Å². The number of carbonyl (C=O) groups excluding carboxylic acids is 1. The van der Waals surface area contributed by atoms with Crippen LogP contribution in [0.3, 0.4) is 0 Å². The third-order valence-electron chi connectivity index (χ3n) is 5.89. The quantitative estimate of drug-likeness (QED) is 0.450. The molecule has 1 aromatic heterocycles. The summed E-state index contributed by atoms with van der Waals surface area (Å²) in [5.41, 5.74) is 3.13. The molecule has 1 N–H and O–H groups in total. The first-order chi connectivity index (χ1) is 16.0. The fraction of sp³-hybridized carbons (Fsp3) is 0.280. The van der Waals surface area contributed by atoms with Crippen molar-refractivity contribution < 1.29 is 9.72 Å². The van der Waals surface area contributed by atoms with Gasteiger partial charge in [0.05, 0.1) is 16.8 Å². The molecule has 4 rings (SSSR count). The van der Waals surface area contributed by atoms with Gasteiger partial charge in [-0.2, -0.15) is 0 Å². The fourth-order valence-electron chi connectivity index (χ4n) is 4.09. The number of aromatic nitrogens is 1. The second kappa shape index (κ2) is 10.2. The molecule has 1 aliphatic heterocycles. The van der Waals surface area contributed by atoms with Crippen LogP contribution in [-0.4, -0.2) is 46.9 Å². The second-order valence-corrected chi connectivity index (χ2v) is 8.18. The predicted molar refractivity (Wildman–Crippen MR) is 129 cm³/mol. The molecule has 0 unspecified atom stereocenters. The molecule has 170 valence electrons. The zero-order valence-electron chi connectivity index (χ0n) is 18.6. The van der Waals surface area contributed by atoms with Crippen LogP contribution in [0.5, 0.6) is 0 Å². The van der Waals surface area contributed by atoms with E-state index in [-0.39, 0.29) is 16.5 Å². The molecule has 33 heavy (non-hydrogen) atoms. The van der Waals surface area contributed by atoms with Gasteiger partial charge in [0.2, 0.25) is 0 Å². The molecule has 1 amide bonds. The number of nitrogens with one attached hydrogen (secondary N) is 1. The summed E-state index contributed by atoms with van der Waals surface area (Å²) in [6.45, 7) is 5.77. The number of benzene rings is 2. The van der Waals surface area contributed by atoms with Gasteiger partial charge in [0.1, 0.15) is 5.82 Å². The monoisotopic (exact) mass is 445 g/mol. The molecule has 0 spiro atoms. The van der Waals surface area contributed by atoms with Crippen LogP contribution in [-0.2, 0) is 6.54 Å². The third-order valence-corrected chi connectivity index (χ3v) is 5.89. The molecule has 1 aliphatic rings. The average molecular weight is 446 g/mol. The van der Waals surface area contributed by atoms with Crippen molar-refractivity contribution in [3.05, 3.63) is 93.7 Å². The normalized spacial score (nSPS) is 14.5. The lowest BCUT2D eigenvalue weighted by Gasteiger charge is -2.23. The Balaban J connectivity index is 1.36. The maximum absolute atomic E-state index is 12.5. The number of rotatable bonds is 6. The van der Waals surface area contributed by atoms with Gasteiger partial charge < -0.3 is 10.2 Å². The molecule has 0 saturated carbocycles. The van der Waals surface area contributed by atoms with Gasteiger partial charge in [-0.05, 0) is 37.1 Å². The molecule has 0 aliphatic carbocycles. The van der Waals surface area contributed by atoms with Crippen molar-refractivity contribution in [3.8, 4) is 0 Å². The highest BCUT2D eigenvalue weighted by Crippen LogP contribution is 2.22. The van der Waals surface area contributed by atoms with Crippen LogP contribution in [0.4, 0.5) is 17.2 Å². The highest BCUT2D eigenvalue weighted by molar-refractivity contribution is 6.05. The number of nitro benzene ring substituents is 1. The molecule has 1 saturated heterocycles. The fourth-order valence-corrected chi connectivity index (χ4v) is 4.09. The van der Waals surface area contributed by atoms with Crippen molar-refractivity contribution in [3.63, 3.8) is 0 Å². The van der Waals surface area contributed by atoms with Crippen molar-refractivity contribution in [1.29, 1.82) is 0 Å². The Kier molecular flexibility index (Phi) is 6.95. The lowest BCUT2D eigenvalue weighted by molar-refractivity contribution is -0.385. The van der Waals surface area contributed by atoms with Crippen molar-refractivity contribution in [1.82, 2.24) is 9.88 Å². The van der Waals surface area contributed by atoms with Crippen molar-refractivity contribution in [2.24, 2.45) is 0 Å². The Bertz CT molecular complexity index is 1130. The molecular formula is C25H27N5O3. The Morgan fingerprint density at radius 1 is 1.03 bits per heavy atom. The van der Waals surface area contributed by atoms with Gasteiger partial charge in [0.15, 0.2) is 0 Å². The first kappa shape index (κ1) is 22.4. The molecule has 0 bridgehead atoms. The summed E-state index contributed by atoms with van der Waals surface area (Å²) in [5.74, 6) is 0.708. The van der Waals surface area contributed by atoms with Crippen LogP contribution in [0, 0.1) is 17.0 Å². The lowest BCUT2D eigenvalue weighted by Crippen LogP contribution is -2.31. The highest BCUT2D eigenvalue weighted by Gasteiger charge is 2.20. The van der Waals surface area contributed by atoms with Crippen LogP contribution in [0.2, 0.25) is 0 Å². The van der Waals surface area contributed by atoms with Crippen LogP contribution in [0.1, 0.15) is 27.9 Å². The van der Waals surface area contributed by atoms with Gasteiger partial charge in [-0.1, -0.05) is 36.4 Å². The van der Waals surface area contributed by atoms with E-state index in [2.05, 4.69) is 20.1 Å². The smallest absolute Gasteiger partial charge is 0.273 e. The van der Waals surface area contributed by atoms with Crippen molar-refractivity contribution in [2.45, 2.75) is 19.9 Å². The van der Waals surface area contributed by atoms with Gasteiger partial charge in [0, 0.05) is 49.9 Å². The van der Waals surface area contributed by atoms with Crippen LogP contribution in [0.15, 0.2) is 66.9 Å². The van der Waals surface area contributed by atoms with E-state index >= 15 is 0 Å². The van der Waals surface area contributed by atoms with Crippen molar-refractivity contribution in [2.75, 3.05) is 36.4 Å². The molecule has 1 fully saturated rings.